The second-order valence-electron chi connectivity index (χ2n) is 7.56. The van der Waals surface area contributed by atoms with Gasteiger partial charge in [0.15, 0.2) is 0 Å². The summed E-state index contributed by atoms with van der Waals surface area (Å²) in [5.74, 6) is -0.0443. The van der Waals surface area contributed by atoms with E-state index in [0.717, 1.165) is 44.7 Å². The Balaban J connectivity index is 1.55. The minimum Gasteiger partial charge on any atom is -0.337 e. The normalized spacial score (nSPS) is 20.7. The van der Waals surface area contributed by atoms with Gasteiger partial charge in [0.25, 0.3) is 5.91 Å². The molecule has 0 aliphatic carbocycles. The van der Waals surface area contributed by atoms with Gasteiger partial charge in [-0.1, -0.05) is 30.3 Å². The smallest absolute Gasteiger partial charge is 0.337 e. The molecule has 0 saturated carbocycles. The van der Waals surface area contributed by atoms with Crippen LogP contribution in [0.25, 0.3) is 11.1 Å². The second-order valence-corrected chi connectivity index (χ2v) is 7.56. The Bertz CT molecular complexity index is 842. The number of carbonyl (C=O) groups excluding carboxylic acids is 1. The van der Waals surface area contributed by atoms with E-state index >= 15 is 0 Å². The molecule has 0 bridgehead atoms. The Hall–Kier alpha value is -2.34. The molecule has 2 aliphatic heterocycles. The topological polar surface area (TPSA) is 23.6 Å². The average molecular weight is 388 g/mol. The molecule has 0 aromatic heterocycles. The molecule has 2 heterocycles. The lowest BCUT2D eigenvalue weighted by molar-refractivity contribution is -0.137. The molecular formula is C22H23F3N2O. The molecule has 2 aromatic carbocycles. The fraction of sp³-hybridized carbons (Fsp3) is 0.409. The summed E-state index contributed by atoms with van der Waals surface area (Å²) in [5, 5.41) is 0. The van der Waals surface area contributed by atoms with Crippen LogP contribution in [0.4, 0.5) is 13.2 Å². The number of amides is 1. The molecule has 0 spiro atoms. The van der Waals surface area contributed by atoms with E-state index in [2.05, 4.69) is 4.90 Å². The van der Waals surface area contributed by atoms with Gasteiger partial charge in [-0.05, 0) is 61.7 Å². The van der Waals surface area contributed by atoms with Crippen LogP contribution < -0.4 is 0 Å². The molecule has 0 N–H and O–H groups in total. The van der Waals surface area contributed by atoms with Crippen molar-refractivity contribution >= 4 is 5.91 Å². The maximum atomic E-state index is 13.2. The van der Waals surface area contributed by atoms with Gasteiger partial charge in [-0.25, -0.2) is 0 Å². The van der Waals surface area contributed by atoms with Crippen LogP contribution in [0.1, 0.15) is 35.2 Å². The lowest BCUT2D eigenvalue weighted by atomic mass is 9.98. The Morgan fingerprint density at radius 3 is 2.29 bits per heavy atom. The van der Waals surface area contributed by atoms with Crippen LogP contribution in [0, 0.1) is 0 Å². The summed E-state index contributed by atoms with van der Waals surface area (Å²) in [4.78, 5) is 17.5. The van der Waals surface area contributed by atoms with Gasteiger partial charge in [-0.15, -0.1) is 0 Å². The highest BCUT2D eigenvalue weighted by Crippen LogP contribution is 2.32. The minimum atomic E-state index is -4.37. The Kier molecular flexibility index (Phi) is 5.15. The number of rotatable bonds is 3. The zero-order valence-corrected chi connectivity index (χ0v) is 15.6. The molecule has 28 heavy (non-hydrogen) atoms. The summed E-state index contributed by atoms with van der Waals surface area (Å²) in [6.07, 6.45) is -0.940. The van der Waals surface area contributed by atoms with E-state index in [-0.39, 0.29) is 5.91 Å². The van der Waals surface area contributed by atoms with Crippen molar-refractivity contribution in [2.24, 2.45) is 0 Å². The maximum absolute atomic E-state index is 13.2. The first-order chi connectivity index (χ1) is 13.4. The number of benzene rings is 2. The molecule has 2 saturated heterocycles. The van der Waals surface area contributed by atoms with Crippen molar-refractivity contribution in [2.45, 2.75) is 31.5 Å². The highest BCUT2D eigenvalue weighted by atomic mass is 19.4. The predicted molar refractivity (Wildman–Crippen MR) is 102 cm³/mol. The van der Waals surface area contributed by atoms with E-state index in [0.29, 0.717) is 22.7 Å². The highest BCUT2D eigenvalue weighted by molar-refractivity contribution is 6.01. The molecule has 4 rings (SSSR count). The van der Waals surface area contributed by atoms with Gasteiger partial charge < -0.3 is 4.90 Å². The summed E-state index contributed by atoms with van der Waals surface area (Å²) < 4.78 is 38.5. The van der Waals surface area contributed by atoms with Crippen LogP contribution in [0.2, 0.25) is 0 Å². The second kappa shape index (κ2) is 7.59. The highest BCUT2D eigenvalue weighted by Gasteiger charge is 2.33. The maximum Gasteiger partial charge on any atom is 0.416 e. The lowest BCUT2D eigenvalue weighted by Crippen LogP contribution is -2.37. The van der Waals surface area contributed by atoms with Gasteiger partial charge >= 0.3 is 6.18 Å². The molecule has 0 unspecified atom stereocenters. The zero-order chi connectivity index (χ0) is 19.7. The lowest BCUT2D eigenvalue weighted by Gasteiger charge is -2.24. The third kappa shape index (κ3) is 3.78. The molecule has 0 radical (unpaired) electrons. The fourth-order valence-corrected chi connectivity index (χ4v) is 4.26. The first kappa shape index (κ1) is 19.0. The van der Waals surface area contributed by atoms with E-state index in [4.69, 9.17) is 0 Å². The zero-order valence-electron chi connectivity index (χ0n) is 15.6. The van der Waals surface area contributed by atoms with E-state index in [1.165, 1.54) is 25.0 Å². The quantitative estimate of drug-likeness (QED) is 0.762. The summed E-state index contributed by atoms with van der Waals surface area (Å²) in [7, 11) is 0. The first-order valence-electron chi connectivity index (χ1n) is 9.73. The van der Waals surface area contributed by atoms with Gasteiger partial charge in [0.2, 0.25) is 0 Å². The number of nitrogens with zero attached hydrogens (tertiary/aromatic N) is 2. The van der Waals surface area contributed by atoms with Crippen LogP contribution in [0.15, 0.2) is 48.5 Å². The molecule has 6 heteroatoms. The van der Waals surface area contributed by atoms with Crippen molar-refractivity contribution in [2.75, 3.05) is 26.2 Å². The van der Waals surface area contributed by atoms with Crippen LogP contribution >= 0.6 is 0 Å². The average Bonchev–Trinajstić information content (AvgIpc) is 3.38. The SMILES string of the molecule is O=C(c1ccccc1-c1ccc(C(F)(F)F)cc1)N1CC[C@@H](N2CCCC2)C1. The summed E-state index contributed by atoms with van der Waals surface area (Å²) >= 11 is 0. The van der Waals surface area contributed by atoms with Crippen LogP contribution in [0.5, 0.6) is 0 Å². The summed E-state index contributed by atoms with van der Waals surface area (Å²) in [6, 6.07) is 12.6. The molecule has 2 aliphatic rings. The van der Waals surface area contributed by atoms with Crippen LogP contribution in [-0.4, -0.2) is 47.9 Å². The largest absolute Gasteiger partial charge is 0.416 e. The minimum absolute atomic E-state index is 0.0443. The number of halogens is 3. The molecule has 148 valence electrons. The van der Waals surface area contributed by atoms with Crippen molar-refractivity contribution in [1.29, 1.82) is 0 Å². The molecule has 2 fully saturated rings. The van der Waals surface area contributed by atoms with Crippen molar-refractivity contribution in [3.63, 3.8) is 0 Å². The molecular weight excluding hydrogens is 365 g/mol. The van der Waals surface area contributed by atoms with Gasteiger partial charge in [0.05, 0.1) is 5.56 Å². The molecule has 1 atom stereocenters. The molecule has 3 nitrogen and oxygen atoms in total. The Morgan fingerprint density at radius 1 is 0.929 bits per heavy atom. The van der Waals surface area contributed by atoms with Crippen molar-refractivity contribution in [3.8, 4) is 11.1 Å². The van der Waals surface area contributed by atoms with Crippen molar-refractivity contribution in [1.82, 2.24) is 9.80 Å². The van der Waals surface area contributed by atoms with E-state index in [1.54, 1.807) is 24.3 Å². The van der Waals surface area contributed by atoms with Gasteiger partial charge in [-0.2, -0.15) is 13.2 Å². The van der Waals surface area contributed by atoms with Crippen molar-refractivity contribution < 1.29 is 18.0 Å². The number of alkyl halides is 3. The Morgan fingerprint density at radius 2 is 1.61 bits per heavy atom. The monoisotopic (exact) mass is 388 g/mol. The molecule has 1 amide bonds. The first-order valence-corrected chi connectivity index (χ1v) is 9.73. The number of hydrogen-bond acceptors (Lipinski definition) is 2. The van der Waals surface area contributed by atoms with E-state index in [1.807, 2.05) is 4.90 Å². The van der Waals surface area contributed by atoms with Gasteiger partial charge in [0.1, 0.15) is 0 Å². The summed E-state index contributed by atoms with van der Waals surface area (Å²) in [6.45, 7) is 3.66. The Labute approximate surface area is 162 Å². The number of likely N-dealkylation sites (tertiary alicyclic amines) is 2. The molecule has 2 aromatic rings. The fourth-order valence-electron chi connectivity index (χ4n) is 4.26. The number of hydrogen-bond donors (Lipinski definition) is 0. The van der Waals surface area contributed by atoms with Crippen LogP contribution in [-0.2, 0) is 6.18 Å². The van der Waals surface area contributed by atoms with E-state index in [9.17, 15) is 18.0 Å². The predicted octanol–water partition coefficient (Wildman–Crippen LogP) is 4.68. The third-order valence-electron chi connectivity index (χ3n) is 5.79. The van der Waals surface area contributed by atoms with Gasteiger partial charge in [0, 0.05) is 24.7 Å². The van der Waals surface area contributed by atoms with Gasteiger partial charge in [-0.3, -0.25) is 9.69 Å². The van der Waals surface area contributed by atoms with E-state index < -0.39 is 11.7 Å². The summed E-state index contributed by atoms with van der Waals surface area (Å²) in [5.41, 5.74) is 1.15. The van der Waals surface area contributed by atoms with Crippen molar-refractivity contribution in [3.05, 3.63) is 59.7 Å². The third-order valence-corrected chi connectivity index (χ3v) is 5.79. The van der Waals surface area contributed by atoms with Crippen LogP contribution in [0.3, 0.4) is 0 Å². The standard InChI is InChI=1S/C22H23F3N2O/c23-22(24,25)17-9-7-16(8-10-17)19-5-1-2-6-20(19)21(28)27-14-11-18(15-27)26-12-3-4-13-26/h1-2,5-10,18H,3-4,11-15H2/t18-/m1/s1. The number of carbonyl (C=O) groups is 1.